The lowest BCUT2D eigenvalue weighted by Crippen LogP contribution is -2.44. The molecule has 0 aliphatic heterocycles. The summed E-state index contributed by atoms with van der Waals surface area (Å²) < 4.78 is 0. The van der Waals surface area contributed by atoms with Crippen LogP contribution in [-0.2, 0) is 5.41 Å². The fourth-order valence-corrected chi connectivity index (χ4v) is 2.42. The molecular formula is C15H18O2. The van der Waals surface area contributed by atoms with Gasteiger partial charge < -0.3 is 10.2 Å². The predicted molar refractivity (Wildman–Crippen MR) is 68.7 cm³/mol. The summed E-state index contributed by atoms with van der Waals surface area (Å²) in [6.45, 7) is 1.63. The molecule has 3 atom stereocenters. The summed E-state index contributed by atoms with van der Waals surface area (Å²) >= 11 is 0. The van der Waals surface area contributed by atoms with Crippen LogP contribution in [0.1, 0.15) is 18.9 Å². The molecule has 0 fully saturated rings. The average molecular weight is 230 g/mol. The summed E-state index contributed by atoms with van der Waals surface area (Å²) in [6, 6.07) is 9.86. The lowest BCUT2D eigenvalue weighted by molar-refractivity contribution is -0.00811. The first kappa shape index (κ1) is 12.1. The Morgan fingerprint density at radius 3 is 2.35 bits per heavy atom. The van der Waals surface area contributed by atoms with E-state index in [1.165, 1.54) is 0 Å². The van der Waals surface area contributed by atoms with Gasteiger partial charge >= 0.3 is 0 Å². The highest BCUT2D eigenvalue weighted by atomic mass is 16.3. The van der Waals surface area contributed by atoms with Crippen molar-refractivity contribution in [1.82, 2.24) is 0 Å². The standard InChI is InChI=1S/C15H18O2/c1-12(16)14(17)15(10-6-3-7-11-15)13-8-4-2-5-9-13/h2-10,12,14,16-17H,11H2,1H3. The summed E-state index contributed by atoms with van der Waals surface area (Å²) in [4.78, 5) is 0. The Balaban J connectivity index is 2.45. The van der Waals surface area contributed by atoms with E-state index in [9.17, 15) is 10.2 Å². The Morgan fingerprint density at radius 1 is 1.12 bits per heavy atom. The van der Waals surface area contributed by atoms with E-state index in [1.807, 2.05) is 54.6 Å². The summed E-state index contributed by atoms with van der Waals surface area (Å²) in [5.41, 5.74) is 0.526. The van der Waals surface area contributed by atoms with Gasteiger partial charge in [0.15, 0.2) is 0 Å². The number of benzene rings is 1. The largest absolute Gasteiger partial charge is 0.391 e. The van der Waals surface area contributed by atoms with E-state index in [2.05, 4.69) is 0 Å². The van der Waals surface area contributed by atoms with Crippen LogP contribution in [0.4, 0.5) is 0 Å². The van der Waals surface area contributed by atoms with E-state index in [1.54, 1.807) is 6.92 Å². The van der Waals surface area contributed by atoms with E-state index < -0.39 is 17.6 Å². The molecule has 1 aromatic carbocycles. The van der Waals surface area contributed by atoms with E-state index in [4.69, 9.17) is 0 Å². The normalized spacial score (nSPS) is 26.8. The molecule has 1 aliphatic carbocycles. The first-order valence-electron chi connectivity index (χ1n) is 5.93. The van der Waals surface area contributed by atoms with E-state index in [0.717, 1.165) is 5.56 Å². The first-order chi connectivity index (χ1) is 8.17. The van der Waals surface area contributed by atoms with Crippen LogP contribution in [0.15, 0.2) is 54.6 Å². The smallest absolute Gasteiger partial charge is 0.0930 e. The van der Waals surface area contributed by atoms with Crippen molar-refractivity contribution < 1.29 is 10.2 Å². The molecule has 0 bridgehead atoms. The second-order valence-corrected chi connectivity index (χ2v) is 4.58. The summed E-state index contributed by atoms with van der Waals surface area (Å²) in [5, 5.41) is 20.0. The number of rotatable bonds is 3. The Hall–Kier alpha value is -1.38. The van der Waals surface area contributed by atoms with Gasteiger partial charge in [0.25, 0.3) is 0 Å². The van der Waals surface area contributed by atoms with Gasteiger partial charge in [0, 0.05) is 5.41 Å². The Morgan fingerprint density at radius 2 is 1.82 bits per heavy atom. The van der Waals surface area contributed by atoms with E-state index in [0.29, 0.717) is 6.42 Å². The zero-order chi connectivity index (χ0) is 12.3. The van der Waals surface area contributed by atoms with Crippen LogP contribution in [0.3, 0.4) is 0 Å². The van der Waals surface area contributed by atoms with Crippen LogP contribution < -0.4 is 0 Å². The number of hydrogen-bond donors (Lipinski definition) is 2. The lowest BCUT2D eigenvalue weighted by Gasteiger charge is -2.38. The first-order valence-corrected chi connectivity index (χ1v) is 5.93. The summed E-state index contributed by atoms with van der Waals surface area (Å²) in [5.74, 6) is 0. The van der Waals surface area contributed by atoms with Gasteiger partial charge in [0.05, 0.1) is 12.2 Å². The molecule has 17 heavy (non-hydrogen) atoms. The van der Waals surface area contributed by atoms with Crippen LogP contribution in [0, 0.1) is 0 Å². The molecule has 0 aromatic heterocycles. The second kappa shape index (κ2) is 4.86. The molecule has 0 amide bonds. The molecule has 2 heteroatoms. The highest BCUT2D eigenvalue weighted by molar-refractivity contribution is 5.37. The molecule has 2 nitrogen and oxygen atoms in total. The summed E-state index contributed by atoms with van der Waals surface area (Å²) in [7, 11) is 0. The van der Waals surface area contributed by atoms with Gasteiger partial charge in [-0.1, -0.05) is 54.6 Å². The molecule has 1 aliphatic rings. The third kappa shape index (κ3) is 2.19. The zero-order valence-corrected chi connectivity index (χ0v) is 9.95. The summed E-state index contributed by atoms with van der Waals surface area (Å²) in [6.07, 6.45) is 7.06. The van der Waals surface area contributed by atoms with Gasteiger partial charge in [0.2, 0.25) is 0 Å². The number of aliphatic hydroxyl groups excluding tert-OH is 2. The van der Waals surface area contributed by atoms with Crippen LogP contribution in [0.5, 0.6) is 0 Å². The van der Waals surface area contributed by atoms with Gasteiger partial charge in [-0.3, -0.25) is 0 Å². The average Bonchev–Trinajstić information content (AvgIpc) is 2.39. The van der Waals surface area contributed by atoms with Crippen molar-refractivity contribution in [3.05, 3.63) is 60.2 Å². The molecule has 0 saturated carbocycles. The molecule has 0 radical (unpaired) electrons. The van der Waals surface area contributed by atoms with Gasteiger partial charge in [-0.2, -0.15) is 0 Å². The van der Waals surface area contributed by atoms with Gasteiger partial charge in [0.1, 0.15) is 0 Å². The maximum Gasteiger partial charge on any atom is 0.0930 e. The van der Waals surface area contributed by atoms with Crippen LogP contribution in [0.2, 0.25) is 0 Å². The van der Waals surface area contributed by atoms with Crippen molar-refractivity contribution in [3.8, 4) is 0 Å². The minimum Gasteiger partial charge on any atom is -0.391 e. The highest BCUT2D eigenvalue weighted by Crippen LogP contribution is 2.37. The SMILES string of the molecule is CC(O)C(O)C1(c2ccccc2)C=CC=CC1. The van der Waals surface area contributed by atoms with Crippen molar-refractivity contribution in [2.75, 3.05) is 0 Å². The van der Waals surface area contributed by atoms with Gasteiger partial charge in [-0.05, 0) is 18.9 Å². The van der Waals surface area contributed by atoms with Crippen molar-refractivity contribution in [3.63, 3.8) is 0 Å². The number of allylic oxidation sites excluding steroid dienone is 3. The Bertz CT molecular complexity index is 420. The predicted octanol–water partition coefficient (Wildman–Crippen LogP) is 2.18. The molecular weight excluding hydrogens is 212 g/mol. The zero-order valence-electron chi connectivity index (χ0n) is 9.95. The molecule has 0 heterocycles. The number of aliphatic hydroxyl groups is 2. The topological polar surface area (TPSA) is 40.5 Å². The van der Waals surface area contributed by atoms with E-state index in [-0.39, 0.29) is 0 Å². The molecule has 0 spiro atoms. The van der Waals surface area contributed by atoms with Crippen molar-refractivity contribution in [2.45, 2.75) is 31.0 Å². The number of hydrogen-bond acceptors (Lipinski definition) is 2. The maximum absolute atomic E-state index is 10.3. The maximum atomic E-state index is 10.3. The molecule has 1 aromatic rings. The quantitative estimate of drug-likeness (QED) is 0.835. The Labute approximate surface area is 102 Å². The Kier molecular flexibility index (Phi) is 3.46. The fraction of sp³-hybridized carbons (Fsp3) is 0.333. The lowest BCUT2D eigenvalue weighted by atomic mass is 9.70. The fourth-order valence-electron chi connectivity index (χ4n) is 2.42. The molecule has 90 valence electrons. The minimum absolute atomic E-state index is 0.510. The molecule has 3 unspecified atom stereocenters. The molecule has 0 saturated heterocycles. The third-order valence-electron chi connectivity index (χ3n) is 3.39. The monoisotopic (exact) mass is 230 g/mol. The van der Waals surface area contributed by atoms with Crippen LogP contribution >= 0.6 is 0 Å². The third-order valence-corrected chi connectivity index (χ3v) is 3.39. The van der Waals surface area contributed by atoms with Gasteiger partial charge in [-0.25, -0.2) is 0 Å². The van der Waals surface area contributed by atoms with Crippen molar-refractivity contribution >= 4 is 0 Å². The van der Waals surface area contributed by atoms with E-state index >= 15 is 0 Å². The molecule has 2 N–H and O–H groups in total. The highest BCUT2D eigenvalue weighted by Gasteiger charge is 2.39. The van der Waals surface area contributed by atoms with Gasteiger partial charge in [-0.15, -0.1) is 0 Å². The second-order valence-electron chi connectivity index (χ2n) is 4.58. The molecule has 2 rings (SSSR count). The minimum atomic E-state index is -0.800. The van der Waals surface area contributed by atoms with Crippen molar-refractivity contribution in [1.29, 1.82) is 0 Å². The van der Waals surface area contributed by atoms with Crippen molar-refractivity contribution in [2.24, 2.45) is 0 Å². The van der Waals surface area contributed by atoms with Crippen LogP contribution in [-0.4, -0.2) is 22.4 Å². The van der Waals surface area contributed by atoms with Crippen LogP contribution in [0.25, 0.3) is 0 Å².